The summed E-state index contributed by atoms with van der Waals surface area (Å²) in [6.45, 7) is 10.3. The zero-order valence-electron chi connectivity index (χ0n) is 7.17. The van der Waals surface area contributed by atoms with Gasteiger partial charge in [-0.15, -0.1) is 19.7 Å². The van der Waals surface area contributed by atoms with Gasteiger partial charge in [0.1, 0.15) is 5.79 Å². The lowest BCUT2D eigenvalue weighted by molar-refractivity contribution is 0.414. The van der Waals surface area contributed by atoms with E-state index in [2.05, 4.69) is 19.7 Å². The molecule has 0 aromatic carbocycles. The van der Waals surface area contributed by atoms with E-state index >= 15 is 0 Å². The zero-order valence-corrected chi connectivity index (χ0v) is 8.17. The van der Waals surface area contributed by atoms with Crippen LogP contribution in [0.25, 0.3) is 0 Å². The first kappa shape index (κ1) is 11.3. The highest BCUT2D eigenvalue weighted by Crippen LogP contribution is 2.20. The summed E-state index contributed by atoms with van der Waals surface area (Å²) >= 11 is 0. The standard InChI is InChI=1S/C9H15FOSi/c1-4-7-12(11,8-5-2)9(10)6-3/h4-6,9,11H,1-3,7-8H2. The summed E-state index contributed by atoms with van der Waals surface area (Å²) < 4.78 is 13.2. The van der Waals surface area contributed by atoms with E-state index in [1.165, 1.54) is 0 Å². The number of rotatable bonds is 6. The second-order valence-corrected chi connectivity index (χ2v) is 6.30. The largest absolute Gasteiger partial charge is 0.428 e. The predicted molar refractivity (Wildman–Crippen MR) is 53.1 cm³/mol. The second kappa shape index (κ2) is 5.06. The van der Waals surface area contributed by atoms with E-state index in [1.54, 1.807) is 12.2 Å². The van der Waals surface area contributed by atoms with Crippen molar-refractivity contribution in [3.8, 4) is 0 Å². The number of hydrogen-bond acceptors (Lipinski definition) is 1. The van der Waals surface area contributed by atoms with Crippen molar-refractivity contribution in [1.82, 2.24) is 0 Å². The van der Waals surface area contributed by atoms with Gasteiger partial charge >= 0.3 is 0 Å². The molecule has 0 aliphatic heterocycles. The van der Waals surface area contributed by atoms with Crippen molar-refractivity contribution < 1.29 is 9.19 Å². The molecule has 0 aliphatic rings. The minimum absolute atomic E-state index is 0.339. The molecule has 0 radical (unpaired) electrons. The first-order chi connectivity index (χ1) is 5.60. The van der Waals surface area contributed by atoms with Crippen LogP contribution in [0.3, 0.4) is 0 Å². The van der Waals surface area contributed by atoms with E-state index in [9.17, 15) is 9.19 Å². The van der Waals surface area contributed by atoms with Gasteiger partial charge in [-0.2, -0.15) is 0 Å². The third-order valence-electron chi connectivity index (χ3n) is 1.72. The van der Waals surface area contributed by atoms with Crippen LogP contribution in [0.1, 0.15) is 0 Å². The molecule has 0 saturated carbocycles. The fourth-order valence-electron chi connectivity index (χ4n) is 1.03. The molecule has 0 aliphatic carbocycles. The fraction of sp³-hybridized carbons (Fsp3) is 0.333. The van der Waals surface area contributed by atoms with Crippen LogP contribution in [0.2, 0.25) is 12.1 Å². The monoisotopic (exact) mass is 186 g/mol. The van der Waals surface area contributed by atoms with Crippen molar-refractivity contribution in [2.45, 2.75) is 17.9 Å². The van der Waals surface area contributed by atoms with Gasteiger partial charge in [0.2, 0.25) is 8.32 Å². The number of halogens is 1. The zero-order chi connectivity index (χ0) is 9.61. The molecule has 0 amide bonds. The highest BCUT2D eigenvalue weighted by Gasteiger charge is 2.36. The smallest absolute Gasteiger partial charge is 0.234 e. The highest BCUT2D eigenvalue weighted by molar-refractivity contribution is 6.75. The predicted octanol–water partition coefficient (Wildman–Crippen LogP) is 2.36. The lowest BCUT2D eigenvalue weighted by Gasteiger charge is -2.23. The van der Waals surface area contributed by atoms with Gasteiger partial charge in [-0.1, -0.05) is 18.2 Å². The van der Waals surface area contributed by atoms with Crippen LogP contribution in [-0.2, 0) is 0 Å². The molecular formula is C9H15FOSi. The van der Waals surface area contributed by atoms with Gasteiger partial charge in [-0.3, -0.25) is 0 Å². The normalized spacial score (nSPS) is 13.5. The van der Waals surface area contributed by atoms with Crippen LogP contribution in [0, 0.1) is 0 Å². The van der Waals surface area contributed by atoms with Gasteiger partial charge in [-0.05, 0) is 12.1 Å². The van der Waals surface area contributed by atoms with Crippen LogP contribution < -0.4 is 0 Å². The average molecular weight is 186 g/mol. The molecule has 12 heavy (non-hydrogen) atoms. The summed E-state index contributed by atoms with van der Waals surface area (Å²) in [6.07, 6.45) is 4.25. The quantitative estimate of drug-likeness (QED) is 0.499. The Morgan fingerprint density at radius 3 is 1.92 bits per heavy atom. The SMILES string of the molecule is C=CC[Si](O)(CC=C)C(F)C=C. The molecule has 0 aromatic heterocycles. The summed E-state index contributed by atoms with van der Waals surface area (Å²) in [7, 11) is -2.87. The molecule has 0 rings (SSSR count). The van der Waals surface area contributed by atoms with Crippen molar-refractivity contribution in [1.29, 1.82) is 0 Å². The summed E-state index contributed by atoms with van der Waals surface area (Å²) in [5, 5.41) is 0. The summed E-state index contributed by atoms with van der Waals surface area (Å²) in [6, 6.07) is 0.679. The van der Waals surface area contributed by atoms with Gasteiger partial charge in [0, 0.05) is 0 Å². The van der Waals surface area contributed by atoms with Crippen LogP contribution in [-0.4, -0.2) is 18.9 Å². The fourth-order valence-corrected chi connectivity index (χ4v) is 3.08. The summed E-state index contributed by atoms with van der Waals surface area (Å²) in [5.41, 5.74) is 0. The first-order valence-electron chi connectivity index (χ1n) is 3.81. The molecule has 1 unspecified atom stereocenters. The lowest BCUT2D eigenvalue weighted by Crippen LogP contribution is -2.43. The van der Waals surface area contributed by atoms with Gasteiger partial charge in [-0.25, -0.2) is 4.39 Å². The Morgan fingerprint density at radius 1 is 1.25 bits per heavy atom. The molecule has 68 valence electrons. The Hall–Kier alpha value is -0.673. The van der Waals surface area contributed by atoms with E-state index in [1.807, 2.05) is 0 Å². The number of hydrogen-bond donors (Lipinski definition) is 1. The van der Waals surface area contributed by atoms with Crippen LogP contribution >= 0.6 is 0 Å². The maximum absolute atomic E-state index is 13.2. The van der Waals surface area contributed by atoms with Gasteiger partial charge in [0.15, 0.2) is 0 Å². The van der Waals surface area contributed by atoms with Gasteiger partial charge < -0.3 is 4.80 Å². The third kappa shape index (κ3) is 2.75. The second-order valence-electron chi connectivity index (χ2n) is 2.73. The Kier molecular flexibility index (Phi) is 4.77. The molecule has 0 saturated heterocycles. The molecule has 0 bridgehead atoms. The third-order valence-corrected chi connectivity index (χ3v) is 4.97. The van der Waals surface area contributed by atoms with E-state index < -0.39 is 14.1 Å². The number of allylic oxidation sites excluding steroid dienone is 3. The van der Waals surface area contributed by atoms with E-state index in [0.29, 0.717) is 12.1 Å². The van der Waals surface area contributed by atoms with E-state index in [-0.39, 0.29) is 0 Å². The van der Waals surface area contributed by atoms with Crippen molar-refractivity contribution >= 4 is 8.32 Å². The van der Waals surface area contributed by atoms with Gasteiger partial charge in [0.25, 0.3) is 0 Å². The molecule has 1 N–H and O–H groups in total. The van der Waals surface area contributed by atoms with Crippen LogP contribution in [0.5, 0.6) is 0 Å². The summed E-state index contributed by atoms with van der Waals surface area (Å²) in [5.74, 6) is -1.30. The minimum Gasteiger partial charge on any atom is -0.428 e. The van der Waals surface area contributed by atoms with Crippen molar-refractivity contribution in [2.75, 3.05) is 0 Å². The minimum atomic E-state index is -2.87. The molecule has 0 fully saturated rings. The van der Waals surface area contributed by atoms with Crippen LogP contribution in [0.15, 0.2) is 38.0 Å². The molecule has 1 atom stereocenters. The van der Waals surface area contributed by atoms with Crippen molar-refractivity contribution in [2.24, 2.45) is 0 Å². The van der Waals surface area contributed by atoms with Crippen LogP contribution in [0.4, 0.5) is 4.39 Å². The Balaban J connectivity index is 4.45. The van der Waals surface area contributed by atoms with E-state index in [4.69, 9.17) is 0 Å². The average Bonchev–Trinajstić information content (AvgIpc) is 2.04. The van der Waals surface area contributed by atoms with Crippen molar-refractivity contribution in [3.05, 3.63) is 38.0 Å². The Bertz CT molecular complexity index is 169. The highest BCUT2D eigenvalue weighted by atomic mass is 28.4. The van der Waals surface area contributed by atoms with Crippen molar-refractivity contribution in [3.63, 3.8) is 0 Å². The van der Waals surface area contributed by atoms with E-state index in [0.717, 1.165) is 6.08 Å². The molecular weight excluding hydrogens is 171 g/mol. The van der Waals surface area contributed by atoms with Gasteiger partial charge in [0.05, 0.1) is 0 Å². The molecule has 3 heteroatoms. The molecule has 0 heterocycles. The summed E-state index contributed by atoms with van der Waals surface area (Å²) in [4.78, 5) is 9.83. The maximum Gasteiger partial charge on any atom is 0.234 e. The molecule has 0 spiro atoms. The molecule has 0 aromatic rings. The first-order valence-corrected chi connectivity index (χ1v) is 6.25. The lowest BCUT2D eigenvalue weighted by atomic mass is 10.7. The molecule has 1 nitrogen and oxygen atoms in total. The maximum atomic E-state index is 13.2. The number of alkyl halides is 1. The Morgan fingerprint density at radius 2 is 1.67 bits per heavy atom. The Labute approximate surface area is 74.1 Å². The topological polar surface area (TPSA) is 20.2 Å².